The normalized spacial score (nSPS) is 18.7. The maximum atomic E-state index is 4.35. The summed E-state index contributed by atoms with van der Waals surface area (Å²) < 4.78 is 2.21. The van der Waals surface area contributed by atoms with Crippen molar-refractivity contribution in [1.29, 1.82) is 0 Å². The number of hydrogen-bond donors (Lipinski definition) is 1. The van der Waals surface area contributed by atoms with Crippen molar-refractivity contribution in [2.45, 2.75) is 18.9 Å². The van der Waals surface area contributed by atoms with Crippen LogP contribution in [-0.4, -0.2) is 30.2 Å². The summed E-state index contributed by atoms with van der Waals surface area (Å²) in [5, 5.41) is 3.54. The van der Waals surface area contributed by atoms with E-state index in [2.05, 4.69) is 58.1 Å². The predicted octanol–water partition coefficient (Wildman–Crippen LogP) is 2.36. The van der Waals surface area contributed by atoms with Crippen LogP contribution in [0.5, 0.6) is 0 Å². The molecule has 0 aliphatic carbocycles. The Kier molecular flexibility index (Phi) is 3.25. The van der Waals surface area contributed by atoms with E-state index in [4.69, 9.17) is 0 Å². The van der Waals surface area contributed by atoms with Crippen molar-refractivity contribution in [2.75, 3.05) is 25.5 Å². The lowest BCUT2D eigenvalue weighted by Crippen LogP contribution is -2.18. The topological polar surface area (TPSA) is 33.1 Å². The van der Waals surface area contributed by atoms with Gasteiger partial charge in [0.15, 0.2) is 0 Å². The first-order chi connectivity index (χ1) is 9.27. The highest BCUT2D eigenvalue weighted by molar-refractivity contribution is 5.62. The van der Waals surface area contributed by atoms with Crippen LogP contribution in [0, 0.1) is 0 Å². The van der Waals surface area contributed by atoms with Gasteiger partial charge in [-0.1, -0.05) is 12.1 Å². The van der Waals surface area contributed by atoms with E-state index in [0.717, 1.165) is 6.54 Å². The molecule has 0 amide bonds. The molecule has 3 rings (SSSR count). The average Bonchev–Trinajstić information content (AvgIpc) is 3.09. The van der Waals surface area contributed by atoms with Gasteiger partial charge in [0.1, 0.15) is 0 Å². The molecular formula is C15H20N4. The molecule has 1 aromatic heterocycles. The summed E-state index contributed by atoms with van der Waals surface area (Å²) in [6, 6.07) is 8.87. The minimum Gasteiger partial charge on any atom is -0.376 e. The van der Waals surface area contributed by atoms with Crippen LogP contribution in [0.25, 0.3) is 5.69 Å². The Morgan fingerprint density at radius 3 is 2.89 bits per heavy atom. The van der Waals surface area contributed by atoms with Gasteiger partial charge in [-0.05, 0) is 31.5 Å². The Bertz CT molecular complexity index is 553. The second-order valence-electron chi connectivity index (χ2n) is 5.22. The lowest BCUT2D eigenvalue weighted by atomic mass is 10.1. The fraction of sp³-hybridized carbons (Fsp3) is 0.400. The number of imidazole rings is 1. The summed E-state index contributed by atoms with van der Waals surface area (Å²) in [5.41, 5.74) is 3.65. The van der Waals surface area contributed by atoms with Crippen molar-refractivity contribution in [3.05, 3.63) is 42.5 Å². The second-order valence-corrected chi connectivity index (χ2v) is 5.22. The molecule has 1 atom stereocenters. The molecule has 0 saturated carbocycles. The van der Waals surface area contributed by atoms with Crippen LogP contribution in [0.2, 0.25) is 0 Å². The highest BCUT2D eigenvalue weighted by atomic mass is 15.1. The number of benzene rings is 1. The third-order valence-electron chi connectivity index (χ3n) is 3.71. The molecule has 1 aliphatic rings. The van der Waals surface area contributed by atoms with E-state index in [0.29, 0.717) is 6.04 Å². The van der Waals surface area contributed by atoms with Crippen LogP contribution < -0.4 is 10.2 Å². The van der Waals surface area contributed by atoms with Crippen molar-refractivity contribution in [3.8, 4) is 5.69 Å². The molecule has 0 bridgehead atoms. The van der Waals surface area contributed by atoms with Crippen LogP contribution in [0.3, 0.4) is 0 Å². The smallest absolute Gasteiger partial charge is 0.0995 e. The first-order valence-electron chi connectivity index (χ1n) is 6.80. The summed E-state index contributed by atoms with van der Waals surface area (Å²) >= 11 is 0. The van der Waals surface area contributed by atoms with Crippen LogP contribution in [0.15, 0.2) is 36.8 Å². The highest BCUT2D eigenvalue weighted by Gasteiger charge is 2.21. The van der Waals surface area contributed by atoms with Crippen molar-refractivity contribution >= 4 is 5.69 Å². The molecule has 1 fully saturated rings. The summed E-state index contributed by atoms with van der Waals surface area (Å²) in [6.45, 7) is 1.10. The van der Waals surface area contributed by atoms with Gasteiger partial charge >= 0.3 is 0 Å². The molecule has 0 radical (unpaired) electrons. The third-order valence-corrected chi connectivity index (χ3v) is 3.71. The average molecular weight is 256 g/mol. The molecule has 1 aromatic carbocycles. The fourth-order valence-corrected chi connectivity index (χ4v) is 2.75. The van der Waals surface area contributed by atoms with Gasteiger partial charge in [0.2, 0.25) is 0 Å². The Morgan fingerprint density at radius 1 is 1.32 bits per heavy atom. The van der Waals surface area contributed by atoms with Gasteiger partial charge in [0.05, 0.1) is 29.6 Å². The molecule has 1 saturated heterocycles. The van der Waals surface area contributed by atoms with E-state index in [1.165, 1.54) is 29.9 Å². The summed E-state index contributed by atoms with van der Waals surface area (Å²) in [6.07, 6.45) is 6.33. The summed E-state index contributed by atoms with van der Waals surface area (Å²) in [5.74, 6) is 0. The second kappa shape index (κ2) is 5.05. The SMILES string of the molecule is CN(C)c1ccccc1-n1cncc1[C@@H]1CCCN1. The number of aromatic nitrogens is 2. The van der Waals surface area contributed by atoms with E-state index in [1.807, 2.05) is 12.5 Å². The standard InChI is InChI=1S/C15H20N4/c1-18(2)13-7-3-4-8-14(13)19-11-16-10-15(19)12-6-5-9-17-12/h3-4,7-8,10-12,17H,5-6,9H2,1-2H3/t12-/m0/s1. The zero-order chi connectivity index (χ0) is 13.2. The number of nitrogens with zero attached hydrogens (tertiary/aromatic N) is 3. The van der Waals surface area contributed by atoms with Gasteiger partial charge in [-0.3, -0.25) is 4.57 Å². The van der Waals surface area contributed by atoms with Gasteiger partial charge < -0.3 is 10.2 Å². The minimum absolute atomic E-state index is 0.428. The molecule has 1 N–H and O–H groups in total. The number of anilines is 1. The largest absolute Gasteiger partial charge is 0.376 e. The Hall–Kier alpha value is -1.81. The monoisotopic (exact) mass is 256 g/mol. The molecule has 100 valence electrons. The van der Waals surface area contributed by atoms with Crippen LogP contribution in [-0.2, 0) is 0 Å². The molecule has 0 unspecified atom stereocenters. The number of para-hydroxylation sites is 2. The van der Waals surface area contributed by atoms with Crippen LogP contribution >= 0.6 is 0 Å². The zero-order valence-electron chi connectivity index (χ0n) is 11.5. The Morgan fingerprint density at radius 2 is 2.16 bits per heavy atom. The molecule has 2 heterocycles. The van der Waals surface area contributed by atoms with Crippen LogP contribution in [0.4, 0.5) is 5.69 Å². The molecule has 2 aromatic rings. The van der Waals surface area contributed by atoms with Crippen molar-refractivity contribution in [3.63, 3.8) is 0 Å². The molecular weight excluding hydrogens is 236 g/mol. The highest BCUT2D eigenvalue weighted by Crippen LogP contribution is 2.29. The number of hydrogen-bond acceptors (Lipinski definition) is 3. The van der Waals surface area contributed by atoms with E-state index >= 15 is 0 Å². The lowest BCUT2D eigenvalue weighted by Gasteiger charge is -2.20. The Labute approximate surface area is 114 Å². The Balaban J connectivity index is 2.05. The molecule has 0 spiro atoms. The first-order valence-corrected chi connectivity index (χ1v) is 6.80. The van der Waals surface area contributed by atoms with Gasteiger partial charge in [0.25, 0.3) is 0 Å². The lowest BCUT2D eigenvalue weighted by molar-refractivity contribution is 0.615. The number of rotatable bonds is 3. The van der Waals surface area contributed by atoms with Crippen molar-refractivity contribution in [2.24, 2.45) is 0 Å². The molecule has 1 aliphatic heterocycles. The van der Waals surface area contributed by atoms with E-state index in [9.17, 15) is 0 Å². The molecule has 4 nitrogen and oxygen atoms in total. The molecule has 19 heavy (non-hydrogen) atoms. The minimum atomic E-state index is 0.428. The van der Waals surface area contributed by atoms with Gasteiger partial charge in [-0.25, -0.2) is 4.98 Å². The van der Waals surface area contributed by atoms with Crippen LogP contribution in [0.1, 0.15) is 24.6 Å². The van der Waals surface area contributed by atoms with Gasteiger partial charge in [-0.2, -0.15) is 0 Å². The van der Waals surface area contributed by atoms with E-state index in [1.54, 1.807) is 0 Å². The number of nitrogens with one attached hydrogen (secondary N) is 1. The van der Waals surface area contributed by atoms with Crippen molar-refractivity contribution in [1.82, 2.24) is 14.9 Å². The van der Waals surface area contributed by atoms with Gasteiger partial charge in [0, 0.05) is 20.1 Å². The predicted molar refractivity (Wildman–Crippen MR) is 77.9 cm³/mol. The molecule has 4 heteroatoms. The quantitative estimate of drug-likeness (QED) is 0.915. The summed E-state index contributed by atoms with van der Waals surface area (Å²) in [4.78, 5) is 6.49. The zero-order valence-corrected chi connectivity index (χ0v) is 11.5. The maximum absolute atomic E-state index is 4.35. The fourth-order valence-electron chi connectivity index (χ4n) is 2.75. The third kappa shape index (κ3) is 2.24. The van der Waals surface area contributed by atoms with Gasteiger partial charge in [-0.15, -0.1) is 0 Å². The summed E-state index contributed by atoms with van der Waals surface area (Å²) in [7, 11) is 4.15. The first kappa shape index (κ1) is 12.2. The maximum Gasteiger partial charge on any atom is 0.0995 e. The van der Waals surface area contributed by atoms with Crippen molar-refractivity contribution < 1.29 is 0 Å². The van der Waals surface area contributed by atoms with E-state index < -0.39 is 0 Å². The van der Waals surface area contributed by atoms with E-state index in [-0.39, 0.29) is 0 Å².